The lowest BCUT2D eigenvalue weighted by Crippen LogP contribution is -2.43. The summed E-state index contributed by atoms with van der Waals surface area (Å²) in [5.41, 5.74) is 1.79. The minimum absolute atomic E-state index is 0.193. The predicted octanol–water partition coefficient (Wildman–Crippen LogP) is 2.72. The summed E-state index contributed by atoms with van der Waals surface area (Å²) in [7, 11) is 0. The summed E-state index contributed by atoms with van der Waals surface area (Å²) in [6, 6.07) is 5.87. The number of benzene rings is 1. The molecule has 0 aliphatic carbocycles. The maximum atomic E-state index is 11.9. The molecule has 1 unspecified atom stereocenters. The number of fused-ring (bicyclic) bond motifs is 1. The van der Waals surface area contributed by atoms with E-state index in [1.54, 1.807) is 11.8 Å². The van der Waals surface area contributed by atoms with Crippen LogP contribution in [0.4, 0.5) is 5.69 Å². The van der Waals surface area contributed by atoms with Crippen molar-refractivity contribution in [1.82, 2.24) is 0 Å². The van der Waals surface area contributed by atoms with E-state index in [0.29, 0.717) is 6.54 Å². The van der Waals surface area contributed by atoms with E-state index in [2.05, 4.69) is 0 Å². The molecule has 102 valence electrons. The van der Waals surface area contributed by atoms with Crippen LogP contribution in [0.15, 0.2) is 23.1 Å². The predicted molar refractivity (Wildman–Crippen MR) is 75.8 cm³/mol. The lowest BCUT2D eigenvalue weighted by molar-refractivity contribution is -0.148. The molecule has 1 aromatic rings. The Labute approximate surface area is 116 Å². The lowest BCUT2D eigenvalue weighted by Gasteiger charge is -2.34. The Hall–Kier alpha value is -1.49. The number of hydrogen-bond donors (Lipinski definition) is 1. The van der Waals surface area contributed by atoms with Gasteiger partial charge in [0.25, 0.3) is 0 Å². The maximum absolute atomic E-state index is 11.9. The van der Waals surface area contributed by atoms with Gasteiger partial charge in [0.1, 0.15) is 0 Å². The molecule has 5 heteroatoms. The first-order chi connectivity index (χ1) is 8.91. The molecule has 0 fully saturated rings. The molecule has 1 atom stereocenters. The number of aliphatic carboxylic acids is 1. The van der Waals surface area contributed by atoms with Crippen LogP contribution in [0, 0.1) is 0 Å². The molecule has 1 N–H and O–H groups in total. The molecule has 0 saturated carbocycles. The van der Waals surface area contributed by atoms with Crippen LogP contribution in [-0.2, 0) is 9.59 Å². The molecule has 1 aromatic carbocycles. The number of rotatable bonds is 1. The standard InChI is InChI=1S/C14H17NO3S/c1-8(2)10-5-4-6-11-12(10)15(7-9(3)19-11)13(16)14(17)18/h4-6,8-9H,7H2,1-3H3,(H,17,18). The molecule has 0 aromatic heterocycles. The van der Waals surface area contributed by atoms with Crippen LogP contribution in [0.1, 0.15) is 32.3 Å². The Morgan fingerprint density at radius 1 is 1.42 bits per heavy atom. The number of carboxylic acid groups (broad SMARTS) is 1. The van der Waals surface area contributed by atoms with Crippen molar-refractivity contribution in [1.29, 1.82) is 0 Å². The SMILES string of the molecule is CC1CN(C(=O)C(=O)O)c2c(cccc2C(C)C)S1. The van der Waals surface area contributed by atoms with Gasteiger partial charge in [-0.05, 0) is 17.5 Å². The number of carbonyl (C=O) groups is 2. The number of thioether (sulfide) groups is 1. The van der Waals surface area contributed by atoms with Crippen LogP contribution in [0.5, 0.6) is 0 Å². The van der Waals surface area contributed by atoms with Crippen LogP contribution < -0.4 is 4.90 Å². The molecule has 19 heavy (non-hydrogen) atoms. The zero-order valence-electron chi connectivity index (χ0n) is 11.2. The molecule has 1 heterocycles. The fraction of sp³-hybridized carbons (Fsp3) is 0.429. The summed E-state index contributed by atoms with van der Waals surface area (Å²) in [6.07, 6.45) is 0. The van der Waals surface area contributed by atoms with Crippen molar-refractivity contribution < 1.29 is 14.7 Å². The number of carbonyl (C=O) groups excluding carboxylic acids is 1. The second kappa shape index (κ2) is 5.25. The van der Waals surface area contributed by atoms with Crippen molar-refractivity contribution in [2.24, 2.45) is 0 Å². The van der Waals surface area contributed by atoms with Gasteiger partial charge >= 0.3 is 11.9 Å². The highest BCUT2D eigenvalue weighted by molar-refractivity contribution is 8.00. The van der Waals surface area contributed by atoms with Gasteiger partial charge in [-0.3, -0.25) is 4.79 Å². The summed E-state index contributed by atoms with van der Waals surface area (Å²) in [5, 5.41) is 9.17. The van der Waals surface area contributed by atoms with Crippen molar-refractivity contribution in [2.45, 2.75) is 36.8 Å². The second-order valence-corrected chi connectivity index (χ2v) is 6.48. The number of hydrogen-bond acceptors (Lipinski definition) is 3. The number of amides is 1. The lowest BCUT2D eigenvalue weighted by atomic mass is 10.00. The summed E-state index contributed by atoms with van der Waals surface area (Å²) in [5.74, 6) is -2.00. The van der Waals surface area contributed by atoms with Crippen LogP contribution in [0.2, 0.25) is 0 Å². The van der Waals surface area contributed by atoms with Crippen molar-refractivity contribution in [3.05, 3.63) is 23.8 Å². The van der Waals surface area contributed by atoms with E-state index in [0.717, 1.165) is 16.1 Å². The van der Waals surface area contributed by atoms with Gasteiger partial charge in [-0.1, -0.05) is 32.9 Å². The highest BCUT2D eigenvalue weighted by Crippen LogP contribution is 2.42. The van der Waals surface area contributed by atoms with Gasteiger partial charge in [0, 0.05) is 16.7 Å². The topological polar surface area (TPSA) is 57.6 Å². The van der Waals surface area contributed by atoms with Crippen molar-refractivity contribution in [3.63, 3.8) is 0 Å². The third kappa shape index (κ3) is 2.61. The average molecular weight is 279 g/mol. The summed E-state index contributed by atoms with van der Waals surface area (Å²) in [4.78, 5) is 25.3. The molecule has 1 amide bonds. The second-order valence-electron chi connectivity index (χ2n) is 5.00. The van der Waals surface area contributed by atoms with E-state index >= 15 is 0 Å². The third-order valence-electron chi connectivity index (χ3n) is 3.12. The highest BCUT2D eigenvalue weighted by atomic mass is 32.2. The molecular formula is C14H17NO3S. The Morgan fingerprint density at radius 3 is 2.68 bits per heavy atom. The minimum Gasteiger partial charge on any atom is -0.474 e. The molecule has 4 nitrogen and oxygen atoms in total. The van der Waals surface area contributed by atoms with E-state index in [9.17, 15) is 9.59 Å². The summed E-state index contributed by atoms with van der Waals surface area (Å²) >= 11 is 1.69. The number of nitrogens with zero attached hydrogens (tertiary/aromatic N) is 1. The van der Waals surface area contributed by atoms with Gasteiger partial charge in [-0.15, -0.1) is 11.8 Å². The van der Waals surface area contributed by atoms with Crippen LogP contribution in [0.3, 0.4) is 0 Å². The monoisotopic (exact) mass is 279 g/mol. The molecule has 0 radical (unpaired) electrons. The zero-order valence-corrected chi connectivity index (χ0v) is 12.0. The van der Waals surface area contributed by atoms with E-state index in [1.165, 1.54) is 4.90 Å². The number of para-hydroxylation sites is 1. The molecule has 2 rings (SSSR count). The van der Waals surface area contributed by atoms with Crippen molar-refractivity contribution in [2.75, 3.05) is 11.4 Å². The van der Waals surface area contributed by atoms with Crippen LogP contribution in [0.25, 0.3) is 0 Å². The first kappa shape index (κ1) is 13.9. The van der Waals surface area contributed by atoms with E-state index in [-0.39, 0.29) is 11.2 Å². The number of anilines is 1. The van der Waals surface area contributed by atoms with Crippen molar-refractivity contribution >= 4 is 29.3 Å². The molecule has 1 aliphatic rings. The first-order valence-electron chi connectivity index (χ1n) is 6.26. The van der Waals surface area contributed by atoms with E-state index < -0.39 is 11.9 Å². The molecule has 0 saturated heterocycles. The minimum atomic E-state index is -1.40. The Morgan fingerprint density at radius 2 is 2.11 bits per heavy atom. The largest absolute Gasteiger partial charge is 0.474 e. The van der Waals surface area contributed by atoms with Crippen LogP contribution in [-0.4, -0.2) is 28.8 Å². The normalized spacial score (nSPS) is 18.3. The van der Waals surface area contributed by atoms with Gasteiger partial charge < -0.3 is 10.0 Å². The van der Waals surface area contributed by atoms with Gasteiger partial charge in [0.05, 0.1) is 5.69 Å². The maximum Gasteiger partial charge on any atom is 0.394 e. The van der Waals surface area contributed by atoms with Gasteiger partial charge in [0.15, 0.2) is 0 Å². The zero-order chi connectivity index (χ0) is 14.2. The fourth-order valence-corrected chi connectivity index (χ4v) is 3.45. The third-order valence-corrected chi connectivity index (χ3v) is 4.25. The molecule has 0 spiro atoms. The summed E-state index contributed by atoms with van der Waals surface area (Å²) in [6.45, 7) is 6.52. The van der Waals surface area contributed by atoms with E-state index in [1.807, 2.05) is 39.0 Å². The van der Waals surface area contributed by atoms with Crippen molar-refractivity contribution in [3.8, 4) is 0 Å². The average Bonchev–Trinajstić information content (AvgIpc) is 2.35. The highest BCUT2D eigenvalue weighted by Gasteiger charge is 2.32. The van der Waals surface area contributed by atoms with Gasteiger partial charge in [0.2, 0.25) is 0 Å². The van der Waals surface area contributed by atoms with Gasteiger partial charge in [-0.25, -0.2) is 4.79 Å². The van der Waals surface area contributed by atoms with E-state index in [4.69, 9.17) is 5.11 Å². The molecular weight excluding hydrogens is 262 g/mol. The molecule has 1 aliphatic heterocycles. The Bertz CT molecular complexity index is 527. The quantitative estimate of drug-likeness (QED) is 0.803. The Kier molecular flexibility index (Phi) is 3.85. The Balaban J connectivity index is 2.56. The number of carboxylic acids is 1. The molecule has 0 bridgehead atoms. The van der Waals surface area contributed by atoms with Crippen LogP contribution >= 0.6 is 11.8 Å². The fourth-order valence-electron chi connectivity index (χ4n) is 2.29. The smallest absolute Gasteiger partial charge is 0.394 e. The summed E-state index contributed by atoms with van der Waals surface area (Å²) < 4.78 is 0. The van der Waals surface area contributed by atoms with Gasteiger partial charge in [-0.2, -0.15) is 0 Å². The first-order valence-corrected chi connectivity index (χ1v) is 7.14.